The molecule has 0 aromatic carbocycles. The summed E-state index contributed by atoms with van der Waals surface area (Å²) in [5.74, 6) is -2.48. The predicted molar refractivity (Wildman–Crippen MR) is 41.7 cm³/mol. The Morgan fingerprint density at radius 1 is 1.38 bits per heavy atom. The van der Waals surface area contributed by atoms with E-state index < -0.39 is 24.1 Å². The van der Waals surface area contributed by atoms with Crippen LogP contribution in [0.2, 0.25) is 0 Å². The normalized spacial score (nSPS) is 22.9. The maximum Gasteiger partial charge on any atom is 0.228 e. The van der Waals surface area contributed by atoms with Gasteiger partial charge >= 0.3 is 0 Å². The van der Waals surface area contributed by atoms with Crippen molar-refractivity contribution in [3.63, 3.8) is 0 Å². The first-order chi connectivity index (χ1) is 5.90. The lowest BCUT2D eigenvalue weighted by Crippen LogP contribution is -2.58. The van der Waals surface area contributed by atoms with Crippen LogP contribution in [-0.4, -0.2) is 57.9 Å². The smallest absolute Gasteiger partial charge is 0.228 e. The van der Waals surface area contributed by atoms with Gasteiger partial charge < -0.3 is 30.0 Å². The highest BCUT2D eigenvalue weighted by atomic mass is 16.6. The van der Waals surface area contributed by atoms with Gasteiger partial charge in [-0.3, -0.25) is 0 Å². The summed E-state index contributed by atoms with van der Waals surface area (Å²) in [5, 5.41) is 36.5. The van der Waals surface area contributed by atoms with Crippen molar-refractivity contribution in [1.82, 2.24) is 0 Å². The Balaban J connectivity index is 4.70. The van der Waals surface area contributed by atoms with Crippen molar-refractivity contribution in [2.45, 2.75) is 31.0 Å². The minimum atomic E-state index is -2.48. The fourth-order valence-corrected chi connectivity index (χ4v) is 0.860. The summed E-state index contributed by atoms with van der Waals surface area (Å²) in [7, 11) is 0.998. The van der Waals surface area contributed by atoms with Gasteiger partial charge in [0.1, 0.15) is 6.10 Å². The first-order valence-electron chi connectivity index (χ1n) is 3.67. The number of aldehydes is 1. The molecule has 0 aliphatic heterocycles. The Kier molecular flexibility index (Phi) is 4.45. The molecule has 0 aromatic rings. The SMILES string of the molecule is CO[C@](O)([C@@H](O)C=O)[C@@H](O)[C@H](C)O. The molecule has 0 unspecified atom stereocenters. The van der Waals surface area contributed by atoms with E-state index in [1.807, 2.05) is 0 Å². The third kappa shape index (κ3) is 2.45. The predicted octanol–water partition coefficient (Wildman–Crippen LogP) is -2.38. The first-order valence-corrected chi connectivity index (χ1v) is 3.67. The van der Waals surface area contributed by atoms with Gasteiger partial charge in [-0.05, 0) is 6.92 Å². The summed E-state index contributed by atoms with van der Waals surface area (Å²) >= 11 is 0. The molecular formula is C7H14O6. The lowest BCUT2D eigenvalue weighted by Gasteiger charge is -2.34. The van der Waals surface area contributed by atoms with Crippen LogP contribution >= 0.6 is 0 Å². The quantitative estimate of drug-likeness (QED) is 0.287. The summed E-state index contributed by atoms with van der Waals surface area (Å²) in [6.45, 7) is 1.19. The van der Waals surface area contributed by atoms with Crippen molar-refractivity contribution >= 4 is 6.29 Å². The minimum Gasteiger partial charge on any atom is -0.390 e. The van der Waals surface area contributed by atoms with E-state index in [9.17, 15) is 15.0 Å². The molecule has 0 aliphatic carbocycles. The highest BCUT2D eigenvalue weighted by molar-refractivity contribution is 5.57. The molecule has 0 heterocycles. The van der Waals surface area contributed by atoms with Crippen molar-refractivity contribution < 1.29 is 30.0 Å². The molecule has 4 N–H and O–H groups in total. The fourth-order valence-electron chi connectivity index (χ4n) is 0.860. The second kappa shape index (κ2) is 4.64. The van der Waals surface area contributed by atoms with Gasteiger partial charge in [0.2, 0.25) is 5.79 Å². The Morgan fingerprint density at radius 2 is 1.85 bits per heavy atom. The number of rotatable bonds is 5. The van der Waals surface area contributed by atoms with Crippen LogP contribution in [0.3, 0.4) is 0 Å². The van der Waals surface area contributed by atoms with Gasteiger partial charge in [0.25, 0.3) is 0 Å². The average Bonchev–Trinajstić information content (AvgIpc) is 2.13. The molecule has 13 heavy (non-hydrogen) atoms. The Morgan fingerprint density at radius 3 is 2.08 bits per heavy atom. The van der Waals surface area contributed by atoms with E-state index in [1.165, 1.54) is 6.92 Å². The van der Waals surface area contributed by atoms with E-state index in [1.54, 1.807) is 0 Å². The van der Waals surface area contributed by atoms with Crippen LogP contribution in [0.4, 0.5) is 0 Å². The zero-order valence-corrected chi connectivity index (χ0v) is 7.41. The lowest BCUT2D eigenvalue weighted by atomic mass is 10.0. The van der Waals surface area contributed by atoms with Gasteiger partial charge in [-0.1, -0.05) is 0 Å². The van der Waals surface area contributed by atoms with Crippen LogP contribution < -0.4 is 0 Å². The van der Waals surface area contributed by atoms with Crippen LogP contribution in [0, 0.1) is 0 Å². The summed E-state index contributed by atoms with van der Waals surface area (Å²) < 4.78 is 4.38. The van der Waals surface area contributed by atoms with Crippen molar-refractivity contribution in [3.8, 4) is 0 Å². The molecule has 6 nitrogen and oxygen atoms in total. The van der Waals surface area contributed by atoms with Crippen LogP contribution in [0.5, 0.6) is 0 Å². The molecule has 0 saturated heterocycles. The molecule has 4 atom stereocenters. The molecule has 6 heteroatoms. The molecule has 0 radical (unpaired) electrons. The van der Waals surface area contributed by atoms with Gasteiger partial charge in [0.05, 0.1) is 6.10 Å². The summed E-state index contributed by atoms with van der Waals surface area (Å²) in [6.07, 6.45) is -5.01. The van der Waals surface area contributed by atoms with E-state index >= 15 is 0 Å². The van der Waals surface area contributed by atoms with Gasteiger partial charge in [0, 0.05) is 7.11 Å². The van der Waals surface area contributed by atoms with Gasteiger partial charge in [-0.25, -0.2) is 0 Å². The molecule has 78 valence electrons. The largest absolute Gasteiger partial charge is 0.390 e. The average molecular weight is 194 g/mol. The van der Waals surface area contributed by atoms with E-state index in [2.05, 4.69) is 4.74 Å². The maximum atomic E-state index is 10.2. The molecule has 0 fully saturated rings. The molecule has 0 aromatic heterocycles. The molecule has 0 rings (SSSR count). The zero-order valence-electron chi connectivity index (χ0n) is 7.41. The van der Waals surface area contributed by atoms with Crippen LogP contribution in [0.25, 0.3) is 0 Å². The van der Waals surface area contributed by atoms with E-state index in [0.29, 0.717) is 0 Å². The molecule has 0 bridgehead atoms. The first kappa shape index (κ1) is 12.5. The monoisotopic (exact) mass is 194 g/mol. The Labute approximate surface area is 75.4 Å². The van der Waals surface area contributed by atoms with Crippen molar-refractivity contribution in [3.05, 3.63) is 0 Å². The minimum absolute atomic E-state index is 0.00903. The van der Waals surface area contributed by atoms with E-state index in [0.717, 1.165) is 7.11 Å². The van der Waals surface area contributed by atoms with Gasteiger partial charge in [-0.2, -0.15) is 0 Å². The lowest BCUT2D eigenvalue weighted by molar-refractivity contribution is -0.293. The molecule has 0 spiro atoms. The number of methoxy groups -OCH3 is 1. The molecule has 0 aliphatic rings. The summed E-state index contributed by atoms with van der Waals surface area (Å²) in [5.41, 5.74) is 0. The molecule has 0 amide bonds. The van der Waals surface area contributed by atoms with Gasteiger partial charge in [0.15, 0.2) is 12.4 Å². The van der Waals surface area contributed by atoms with Crippen molar-refractivity contribution in [2.24, 2.45) is 0 Å². The number of aliphatic hydroxyl groups is 4. The van der Waals surface area contributed by atoms with Gasteiger partial charge in [-0.15, -0.1) is 0 Å². The topological polar surface area (TPSA) is 107 Å². The number of aliphatic hydroxyl groups excluding tert-OH is 3. The van der Waals surface area contributed by atoms with Crippen molar-refractivity contribution in [2.75, 3.05) is 7.11 Å². The number of hydrogen-bond donors (Lipinski definition) is 4. The van der Waals surface area contributed by atoms with Crippen LogP contribution in [-0.2, 0) is 9.53 Å². The number of carbonyl (C=O) groups excluding carboxylic acids is 1. The third-order valence-corrected chi connectivity index (χ3v) is 1.76. The highest BCUT2D eigenvalue weighted by Crippen LogP contribution is 2.18. The third-order valence-electron chi connectivity index (χ3n) is 1.76. The standard InChI is InChI=1S/C7H14O6/c1-4(9)6(11)7(12,13-2)5(10)3-8/h3-6,9-12H,1-2H3/t4-,5-,6-,7+/m0/s1. The number of hydrogen-bond acceptors (Lipinski definition) is 6. The summed E-state index contributed by atoms with van der Waals surface area (Å²) in [4.78, 5) is 10.2. The fraction of sp³-hybridized carbons (Fsp3) is 0.857. The highest BCUT2D eigenvalue weighted by Gasteiger charge is 2.45. The van der Waals surface area contributed by atoms with Crippen LogP contribution in [0.15, 0.2) is 0 Å². The van der Waals surface area contributed by atoms with E-state index in [4.69, 9.17) is 10.2 Å². The summed E-state index contributed by atoms with van der Waals surface area (Å²) in [6, 6.07) is 0. The van der Waals surface area contributed by atoms with Crippen molar-refractivity contribution in [1.29, 1.82) is 0 Å². The Hall–Kier alpha value is -0.530. The Bertz CT molecular complexity index is 170. The number of carbonyl (C=O) groups is 1. The van der Waals surface area contributed by atoms with E-state index in [-0.39, 0.29) is 6.29 Å². The van der Waals surface area contributed by atoms with Crippen LogP contribution in [0.1, 0.15) is 6.92 Å². The second-order valence-electron chi connectivity index (χ2n) is 2.72. The molecular weight excluding hydrogens is 180 g/mol. The maximum absolute atomic E-state index is 10.2. The number of ether oxygens (including phenoxy) is 1. The molecule has 0 saturated carbocycles. The second-order valence-corrected chi connectivity index (χ2v) is 2.72. The zero-order chi connectivity index (χ0) is 10.6.